The zero-order valence-electron chi connectivity index (χ0n) is 11.5. The van der Waals surface area contributed by atoms with E-state index >= 15 is 0 Å². The van der Waals surface area contributed by atoms with E-state index in [1.807, 2.05) is 6.92 Å². The highest BCUT2D eigenvalue weighted by Gasteiger charge is 2.18. The van der Waals surface area contributed by atoms with Crippen LogP contribution in [0.15, 0.2) is 47.6 Å². The number of aromatic nitrogens is 1. The summed E-state index contributed by atoms with van der Waals surface area (Å²) in [6.07, 6.45) is 3.67. The van der Waals surface area contributed by atoms with Crippen molar-refractivity contribution in [3.8, 4) is 0 Å². The van der Waals surface area contributed by atoms with Crippen molar-refractivity contribution in [3.63, 3.8) is 0 Å². The van der Waals surface area contributed by atoms with Crippen LogP contribution in [0.1, 0.15) is 13.3 Å². The summed E-state index contributed by atoms with van der Waals surface area (Å²) >= 11 is 0. The van der Waals surface area contributed by atoms with Gasteiger partial charge < -0.3 is 5.32 Å². The number of anilines is 2. The molecule has 7 heteroatoms. The molecule has 0 amide bonds. The highest BCUT2D eigenvalue weighted by Crippen LogP contribution is 2.22. The van der Waals surface area contributed by atoms with Gasteiger partial charge in [-0.15, -0.1) is 0 Å². The fourth-order valence-corrected chi connectivity index (χ4v) is 2.91. The van der Waals surface area contributed by atoms with Crippen LogP contribution in [0.25, 0.3) is 0 Å². The monoisotopic (exact) mass is 309 g/mol. The van der Waals surface area contributed by atoms with Crippen molar-refractivity contribution in [2.24, 2.45) is 0 Å². The molecule has 0 radical (unpaired) electrons. The third-order valence-electron chi connectivity index (χ3n) is 2.74. The first-order chi connectivity index (χ1) is 10.0. The van der Waals surface area contributed by atoms with E-state index in [1.165, 1.54) is 36.7 Å². The maximum Gasteiger partial charge on any atom is 0.265 e. The van der Waals surface area contributed by atoms with Gasteiger partial charge >= 0.3 is 0 Å². The van der Waals surface area contributed by atoms with Gasteiger partial charge in [-0.05, 0) is 36.8 Å². The van der Waals surface area contributed by atoms with Crippen LogP contribution in [0, 0.1) is 5.82 Å². The molecule has 0 bridgehead atoms. The van der Waals surface area contributed by atoms with Gasteiger partial charge in [-0.2, -0.15) is 0 Å². The van der Waals surface area contributed by atoms with Gasteiger partial charge in [0.1, 0.15) is 10.7 Å². The zero-order valence-corrected chi connectivity index (χ0v) is 12.3. The molecule has 2 rings (SSSR count). The van der Waals surface area contributed by atoms with Crippen molar-refractivity contribution in [2.45, 2.75) is 18.2 Å². The summed E-state index contributed by atoms with van der Waals surface area (Å²) in [4.78, 5) is 3.91. The van der Waals surface area contributed by atoms with E-state index in [-0.39, 0.29) is 4.90 Å². The molecule has 2 aromatic rings. The highest BCUT2D eigenvalue weighted by atomic mass is 32.2. The Morgan fingerprint density at radius 1 is 1.19 bits per heavy atom. The van der Waals surface area contributed by atoms with Gasteiger partial charge in [0, 0.05) is 24.6 Å². The number of hydrogen-bond acceptors (Lipinski definition) is 4. The van der Waals surface area contributed by atoms with E-state index in [2.05, 4.69) is 15.0 Å². The van der Waals surface area contributed by atoms with E-state index in [1.54, 1.807) is 6.07 Å². The lowest BCUT2D eigenvalue weighted by Gasteiger charge is -2.13. The van der Waals surface area contributed by atoms with E-state index in [0.29, 0.717) is 17.9 Å². The third-order valence-corrected chi connectivity index (χ3v) is 4.14. The Hall–Kier alpha value is -2.15. The minimum absolute atomic E-state index is 0.0581. The lowest BCUT2D eigenvalue weighted by molar-refractivity contribution is 0.601. The fraction of sp³-hybridized carbons (Fsp3) is 0.214. The Kier molecular flexibility index (Phi) is 4.74. The van der Waals surface area contributed by atoms with Gasteiger partial charge in [0.05, 0.1) is 5.69 Å². The maximum absolute atomic E-state index is 12.8. The number of nitrogens with one attached hydrogen (secondary N) is 2. The molecule has 0 aliphatic rings. The Labute approximate surface area is 123 Å². The van der Waals surface area contributed by atoms with Gasteiger partial charge in [0.15, 0.2) is 0 Å². The third kappa shape index (κ3) is 3.91. The number of nitrogens with zero attached hydrogens (tertiary/aromatic N) is 1. The number of hydrogen-bond donors (Lipinski definition) is 2. The van der Waals surface area contributed by atoms with E-state index in [4.69, 9.17) is 0 Å². The van der Waals surface area contributed by atoms with Crippen molar-refractivity contribution >= 4 is 21.4 Å². The molecule has 1 aromatic carbocycles. The SMILES string of the molecule is CCCNc1ccncc1S(=O)(=O)Nc1ccc(F)cc1. The molecule has 112 valence electrons. The topological polar surface area (TPSA) is 71.1 Å². The molecule has 2 N–H and O–H groups in total. The second kappa shape index (κ2) is 6.53. The Morgan fingerprint density at radius 2 is 1.90 bits per heavy atom. The molecule has 21 heavy (non-hydrogen) atoms. The molecular formula is C14H16FN3O2S. The molecule has 0 saturated heterocycles. The van der Waals surface area contributed by atoms with E-state index in [9.17, 15) is 12.8 Å². The van der Waals surface area contributed by atoms with Gasteiger partial charge in [-0.1, -0.05) is 6.92 Å². The number of pyridine rings is 1. The summed E-state index contributed by atoms with van der Waals surface area (Å²) < 4.78 is 40.0. The molecule has 0 spiro atoms. The highest BCUT2D eigenvalue weighted by molar-refractivity contribution is 7.92. The predicted molar refractivity (Wildman–Crippen MR) is 80.2 cm³/mol. The molecule has 0 fully saturated rings. The van der Waals surface area contributed by atoms with Crippen molar-refractivity contribution in [3.05, 3.63) is 48.5 Å². The standard InChI is InChI=1S/C14H16FN3O2S/c1-2-8-17-13-7-9-16-10-14(13)21(19,20)18-12-5-3-11(15)4-6-12/h3-7,9-10,18H,2,8H2,1H3,(H,16,17). The molecule has 0 atom stereocenters. The first-order valence-corrected chi connectivity index (χ1v) is 7.97. The van der Waals surface area contributed by atoms with Crippen LogP contribution in [-0.4, -0.2) is 19.9 Å². The predicted octanol–water partition coefficient (Wildman–Crippen LogP) is 2.84. The molecule has 0 unspecified atom stereocenters. The molecule has 1 aromatic heterocycles. The van der Waals surface area contributed by atoms with Crippen LogP contribution >= 0.6 is 0 Å². The van der Waals surface area contributed by atoms with Crippen LogP contribution in [0.3, 0.4) is 0 Å². The van der Waals surface area contributed by atoms with Crippen LogP contribution in [0.5, 0.6) is 0 Å². The van der Waals surface area contributed by atoms with Gasteiger partial charge in [-0.25, -0.2) is 12.8 Å². The molecular weight excluding hydrogens is 293 g/mol. The van der Waals surface area contributed by atoms with Gasteiger partial charge in [0.2, 0.25) is 0 Å². The maximum atomic E-state index is 12.8. The lowest BCUT2D eigenvalue weighted by Crippen LogP contribution is -2.16. The van der Waals surface area contributed by atoms with E-state index < -0.39 is 15.8 Å². The van der Waals surface area contributed by atoms with Gasteiger partial charge in [0.25, 0.3) is 10.0 Å². The summed E-state index contributed by atoms with van der Waals surface area (Å²) in [7, 11) is -3.78. The van der Waals surface area contributed by atoms with Crippen molar-refractivity contribution in [1.29, 1.82) is 0 Å². The van der Waals surface area contributed by atoms with Crippen molar-refractivity contribution in [2.75, 3.05) is 16.6 Å². The molecule has 1 heterocycles. The molecule has 0 saturated carbocycles. The van der Waals surface area contributed by atoms with Crippen LogP contribution < -0.4 is 10.0 Å². The summed E-state index contributed by atoms with van der Waals surface area (Å²) in [5.74, 6) is -0.426. The second-order valence-corrected chi connectivity index (χ2v) is 6.06. The van der Waals surface area contributed by atoms with Crippen LogP contribution in [-0.2, 0) is 10.0 Å². The number of halogens is 1. The van der Waals surface area contributed by atoms with Crippen molar-refractivity contribution in [1.82, 2.24) is 4.98 Å². The number of sulfonamides is 1. The largest absolute Gasteiger partial charge is 0.384 e. The van der Waals surface area contributed by atoms with Crippen LogP contribution in [0.4, 0.5) is 15.8 Å². The summed E-state index contributed by atoms with van der Waals surface area (Å²) in [6, 6.07) is 6.72. The summed E-state index contributed by atoms with van der Waals surface area (Å²) in [6.45, 7) is 2.64. The average Bonchev–Trinajstić information content (AvgIpc) is 2.47. The smallest absolute Gasteiger partial charge is 0.265 e. The summed E-state index contributed by atoms with van der Waals surface area (Å²) in [5, 5.41) is 3.04. The normalized spacial score (nSPS) is 11.1. The van der Waals surface area contributed by atoms with Crippen LogP contribution in [0.2, 0.25) is 0 Å². The first-order valence-electron chi connectivity index (χ1n) is 6.49. The quantitative estimate of drug-likeness (QED) is 0.861. The number of rotatable bonds is 6. The van der Waals surface area contributed by atoms with Crippen molar-refractivity contribution < 1.29 is 12.8 Å². The first kappa shape index (κ1) is 15.2. The number of benzene rings is 1. The lowest BCUT2D eigenvalue weighted by atomic mass is 10.3. The second-order valence-electron chi connectivity index (χ2n) is 4.41. The Balaban J connectivity index is 2.29. The summed E-state index contributed by atoms with van der Waals surface area (Å²) in [5.41, 5.74) is 0.781. The fourth-order valence-electron chi connectivity index (χ4n) is 1.73. The zero-order chi connectivity index (χ0) is 15.3. The molecule has 5 nitrogen and oxygen atoms in total. The Bertz CT molecular complexity index is 702. The molecule has 0 aliphatic carbocycles. The van der Waals surface area contributed by atoms with E-state index in [0.717, 1.165) is 6.42 Å². The minimum Gasteiger partial charge on any atom is -0.384 e. The van der Waals surface area contributed by atoms with Gasteiger partial charge in [-0.3, -0.25) is 9.71 Å². The minimum atomic E-state index is -3.78. The molecule has 0 aliphatic heterocycles. The Morgan fingerprint density at radius 3 is 2.57 bits per heavy atom. The average molecular weight is 309 g/mol.